The molecule has 0 fully saturated rings. The van der Waals surface area contributed by atoms with Crippen LogP contribution in [-0.4, -0.2) is 26.4 Å². The van der Waals surface area contributed by atoms with E-state index in [1.54, 1.807) is 6.92 Å². The van der Waals surface area contributed by atoms with Crippen molar-refractivity contribution in [2.24, 2.45) is 5.16 Å². The van der Waals surface area contributed by atoms with Gasteiger partial charge in [-0.3, -0.25) is 4.21 Å². The van der Waals surface area contributed by atoms with Crippen molar-refractivity contribution < 1.29 is 9.05 Å². The quantitative estimate of drug-likeness (QED) is 0.622. The molecular weight excluding hydrogens is 218 g/mol. The fourth-order valence-electron chi connectivity index (χ4n) is 0.653. The monoisotopic (exact) mass is 225 g/mol. The molecule has 2 atom stereocenters. The molecule has 58 valence electrons. The normalized spacial score (nSPS) is 32.8. The van der Waals surface area contributed by atoms with E-state index in [-0.39, 0.29) is 5.25 Å². The molecule has 1 aliphatic rings. The molecule has 0 aromatic carbocycles. The number of hydrogen-bond acceptors (Lipinski definition) is 3. The lowest BCUT2D eigenvalue weighted by molar-refractivity contribution is 0.145. The Morgan fingerprint density at radius 1 is 2.00 bits per heavy atom. The number of hydrogen-bond donors (Lipinski definition) is 0. The van der Waals surface area contributed by atoms with Crippen molar-refractivity contribution in [2.75, 3.05) is 11.9 Å². The van der Waals surface area contributed by atoms with Crippen molar-refractivity contribution >= 4 is 31.8 Å². The van der Waals surface area contributed by atoms with Gasteiger partial charge >= 0.3 is 0 Å². The molecule has 0 spiro atoms. The number of alkyl halides is 1. The van der Waals surface area contributed by atoms with Crippen LogP contribution in [0.1, 0.15) is 6.92 Å². The minimum atomic E-state index is -0.945. The lowest BCUT2D eigenvalue weighted by Crippen LogP contribution is -2.30. The summed E-state index contributed by atoms with van der Waals surface area (Å²) in [5.41, 5.74) is 0. The third-order valence-corrected chi connectivity index (χ3v) is 3.99. The van der Waals surface area contributed by atoms with Crippen LogP contribution in [0.25, 0.3) is 0 Å². The van der Waals surface area contributed by atoms with Gasteiger partial charge < -0.3 is 4.84 Å². The summed E-state index contributed by atoms with van der Waals surface area (Å²) in [5.74, 6) is 0. The van der Waals surface area contributed by atoms with E-state index >= 15 is 0 Å². The molecule has 0 aliphatic carbocycles. The Hall–Kier alpha value is 0.1000. The number of nitrogens with zero attached hydrogens (tertiary/aromatic N) is 1. The Morgan fingerprint density at radius 3 is 3.20 bits per heavy atom. The first-order chi connectivity index (χ1) is 4.75. The maximum absolute atomic E-state index is 11.2. The first-order valence-electron chi connectivity index (χ1n) is 2.89. The van der Waals surface area contributed by atoms with E-state index in [1.165, 1.54) is 0 Å². The van der Waals surface area contributed by atoms with Crippen LogP contribution < -0.4 is 0 Å². The summed E-state index contributed by atoms with van der Waals surface area (Å²) in [7, 11) is -0.945. The molecule has 5 heteroatoms. The Labute approximate surface area is 70.4 Å². The Bertz CT molecular complexity index is 182. The molecule has 10 heavy (non-hydrogen) atoms. The van der Waals surface area contributed by atoms with Crippen LogP contribution in [0.15, 0.2) is 5.16 Å². The molecule has 1 rings (SSSR count). The van der Waals surface area contributed by atoms with E-state index < -0.39 is 10.8 Å². The van der Waals surface area contributed by atoms with Crippen LogP contribution in [0.5, 0.6) is 0 Å². The first kappa shape index (κ1) is 8.20. The van der Waals surface area contributed by atoms with Gasteiger partial charge in [-0.25, -0.2) is 0 Å². The van der Waals surface area contributed by atoms with Gasteiger partial charge in [-0.2, -0.15) is 0 Å². The third kappa shape index (κ3) is 1.58. The van der Waals surface area contributed by atoms with Crippen LogP contribution in [-0.2, 0) is 15.6 Å². The predicted octanol–water partition coefficient (Wildman–Crippen LogP) is 0.862. The highest BCUT2D eigenvalue weighted by Gasteiger charge is 2.22. The summed E-state index contributed by atoms with van der Waals surface area (Å²) >= 11 is 3.25. The van der Waals surface area contributed by atoms with Crippen molar-refractivity contribution in [1.82, 2.24) is 0 Å². The molecule has 3 nitrogen and oxygen atoms in total. The Balaban J connectivity index is 2.68. The zero-order valence-electron chi connectivity index (χ0n) is 5.54. The molecule has 0 aromatic rings. The Morgan fingerprint density at radius 2 is 2.70 bits per heavy atom. The van der Waals surface area contributed by atoms with E-state index in [0.717, 1.165) is 0 Å². The summed E-state index contributed by atoms with van der Waals surface area (Å²) < 4.78 is 11.2. The van der Waals surface area contributed by atoms with Crippen molar-refractivity contribution in [3.05, 3.63) is 0 Å². The number of halogens is 1. The van der Waals surface area contributed by atoms with Crippen molar-refractivity contribution in [3.63, 3.8) is 0 Å². The first-order valence-corrected chi connectivity index (χ1v) is 5.22. The maximum atomic E-state index is 11.2. The van der Waals surface area contributed by atoms with Crippen molar-refractivity contribution in [3.8, 4) is 0 Å². The van der Waals surface area contributed by atoms with Gasteiger partial charge in [-0.05, 0) is 6.92 Å². The van der Waals surface area contributed by atoms with E-state index in [9.17, 15) is 4.21 Å². The van der Waals surface area contributed by atoms with E-state index in [2.05, 4.69) is 21.1 Å². The van der Waals surface area contributed by atoms with E-state index in [0.29, 0.717) is 17.0 Å². The van der Waals surface area contributed by atoms with Crippen LogP contribution in [0.2, 0.25) is 0 Å². The Kier molecular flexibility index (Phi) is 2.85. The lowest BCUT2D eigenvalue weighted by Gasteiger charge is -2.16. The molecule has 0 aromatic heterocycles. The molecule has 2 unspecified atom stereocenters. The second kappa shape index (κ2) is 3.48. The second-order valence-corrected chi connectivity index (χ2v) is 4.48. The average molecular weight is 226 g/mol. The largest absolute Gasteiger partial charge is 0.394 e. The van der Waals surface area contributed by atoms with Crippen LogP contribution in [0, 0.1) is 0 Å². The van der Waals surface area contributed by atoms with Crippen LogP contribution in [0.3, 0.4) is 0 Å². The van der Waals surface area contributed by atoms with Gasteiger partial charge in [0.2, 0.25) is 0 Å². The topological polar surface area (TPSA) is 38.7 Å². The number of oxime groups is 1. The molecule has 0 bridgehead atoms. The zero-order chi connectivity index (χ0) is 7.56. The molecule has 0 N–H and O–H groups in total. The van der Waals surface area contributed by atoms with E-state index in [4.69, 9.17) is 4.84 Å². The zero-order valence-corrected chi connectivity index (χ0v) is 7.94. The minimum absolute atomic E-state index is 0.0671. The summed E-state index contributed by atoms with van der Waals surface area (Å²) in [4.78, 5) is 4.82. The minimum Gasteiger partial charge on any atom is -0.394 e. The van der Waals surface area contributed by atoms with Gasteiger partial charge in [0.05, 0.1) is 16.0 Å². The highest BCUT2D eigenvalue weighted by atomic mass is 79.9. The van der Waals surface area contributed by atoms with Gasteiger partial charge in [0.15, 0.2) is 0 Å². The van der Waals surface area contributed by atoms with Gasteiger partial charge in [0.25, 0.3) is 0 Å². The molecular formula is C5H8BrNO2S. The summed E-state index contributed by atoms with van der Waals surface area (Å²) in [6.07, 6.45) is 0. The molecule has 0 radical (unpaired) electrons. The van der Waals surface area contributed by atoms with Gasteiger partial charge in [0.1, 0.15) is 11.7 Å². The molecule has 0 saturated heterocycles. The summed E-state index contributed by atoms with van der Waals surface area (Å²) in [6, 6.07) is 0. The average Bonchev–Trinajstić information content (AvgIpc) is 1.95. The fourth-order valence-corrected chi connectivity index (χ4v) is 2.47. The number of rotatable bonds is 1. The molecule has 0 amide bonds. The maximum Gasteiger partial charge on any atom is 0.141 e. The third-order valence-electron chi connectivity index (χ3n) is 1.22. The summed E-state index contributed by atoms with van der Waals surface area (Å²) in [6.45, 7) is 2.17. The van der Waals surface area contributed by atoms with Gasteiger partial charge in [-0.15, -0.1) is 0 Å². The van der Waals surface area contributed by atoms with Gasteiger partial charge in [0, 0.05) is 5.33 Å². The summed E-state index contributed by atoms with van der Waals surface area (Å²) in [5, 5.41) is 4.95. The van der Waals surface area contributed by atoms with Crippen LogP contribution >= 0.6 is 15.9 Å². The molecule has 1 aliphatic heterocycles. The lowest BCUT2D eigenvalue weighted by atomic mass is 10.5. The second-order valence-electron chi connectivity index (χ2n) is 1.98. The highest BCUT2D eigenvalue weighted by molar-refractivity contribution is 9.09. The molecule has 1 heterocycles. The van der Waals surface area contributed by atoms with Gasteiger partial charge in [-0.1, -0.05) is 21.1 Å². The van der Waals surface area contributed by atoms with Crippen molar-refractivity contribution in [2.45, 2.75) is 12.2 Å². The smallest absolute Gasteiger partial charge is 0.141 e. The standard InChI is InChI=1S/C5H8BrNO2S/c1-4-7-9-3-5(2-6)10(4)8/h5H,2-3H2,1H3. The van der Waals surface area contributed by atoms with E-state index in [1.807, 2.05) is 0 Å². The predicted molar refractivity (Wildman–Crippen MR) is 44.8 cm³/mol. The van der Waals surface area contributed by atoms with Crippen LogP contribution in [0.4, 0.5) is 0 Å². The fraction of sp³-hybridized carbons (Fsp3) is 0.800. The SMILES string of the molecule is CC1=NOCC(CBr)S1=O. The molecule has 0 saturated carbocycles. The van der Waals surface area contributed by atoms with Crippen molar-refractivity contribution in [1.29, 1.82) is 0 Å². The highest BCUT2D eigenvalue weighted by Crippen LogP contribution is 2.09.